The van der Waals surface area contributed by atoms with Crippen molar-refractivity contribution in [2.24, 2.45) is 0 Å². The van der Waals surface area contributed by atoms with Gasteiger partial charge in [-0.05, 0) is 131 Å². The molecule has 2 aliphatic rings. The number of hydrogen-bond acceptors (Lipinski definition) is 10. The van der Waals surface area contributed by atoms with E-state index in [0.29, 0.717) is 5.82 Å². The van der Waals surface area contributed by atoms with Gasteiger partial charge in [-0.15, -0.1) is 0 Å². The molecule has 0 unspecified atom stereocenters. The SMILES string of the molecule is c1ccc(-c2cccc(-c3cc(-c4ccccc4)nc(-c4cccc(-c5cccc6c5Oc5ccccc5-n5c-6nc6ccccc65)c4)n3)c2)cc1.c1cnc2c(-c3cc(-c4cc5c(cn4)-c4nc6ccccc6n4-c4cnccc4S5)cc(-c4cccc5cccnc45)c3)cccc2c1. The van der Waals surface area contributed by atoms with Crippen LogP contribution in [0.25, 0.3) is 168 Å². The lowest BCUT2D eigenvalue weighted by Gasteiger charge is -2.15. The number of ether oxygens (including phenoxy) is 1. The average molecular weight is 1300 g/mol. The molecule has 0 amide bonds. The van der Waals surface area contributed by atoms with E-state index in [2.05, 4.69) is 245 Å². The fourth-order valence-corrected chi connectivity index (χ4v) is 15.0. The van der Waals surface area contributed by atoms with E-state index in [1.54, 1.807) is 11.8 Å². The number of imidazole rings is 2. The lowest BCUT2D eigenvalue weighted by atomic mass is 9.92. The standard InChI is InChI=1S/C47H30N4O.C41H24N6S/c1-3-14-31(15-4-1)33-18-11-20-35(28-33)41-30-40(32-16-5-2-6-17-32)48-46(49-41)36-21-12-19-34(29-36)37-22-13-23-38-45(37)52-44-27-10-9-26-43(44)51-42-25-8-7-24-39(42)50-47(38)51;1-2-14-35-33(13-1)46-41-32-23-45-34(22-38(32)48-37-15-18-42-24-36(37)47(35)41)29-20-27(30-11-3-7-25-9-5-16-43-39(25)30)19-28(21-29)31-12-4-8-26-10-6-17-44-40(26)31/h1-30H;1-24H. The van der Waals surface area contributed by atoms with E-state index in [-0.39, 0.29) is 0 Å². The van der Waals surface area contributed by atoms with Gasteiger partial charge in [-0.1, -0.05) is 206 Å². The van der Waals surface area contributed by atoms with Crippen LogP contribution < -0.4 is 4.74 Å². The van der Waals surface area contributed by atoms with Gasteiger partial charge in [0.2, 0.25) is 0 Å². The molecule has 11 aromatic carbocycles. The van der Waals surface area contributed by atoms with Crippen molar-refractivity contribution in [3.05, 3.63) is 328 Å². The van der Waals surface area contributed by atoms with Crippen molar-refractivity contribution < 1.29 is 4.74 Å². The van der Waals surface area contributed by atoms with Crippen LogP contribution in [0.15, 0.2) is 338 Å². The lowest BCUT2D eigenvalue weighted by Crippen LogP contribution is -1.98. The second kappa shape index (κ2) is 24.4. The number of fused-ring (bicyclic) bond motifs is 16. The molecule has 100 heavy (non-hydrogen) atoms. The number of benzene rings is 11. The first-order chi connectivity index (χ1) is 49.5. The molecule has 9 heterocycles. The summed E-state index contributed by atoms with van der Waals surface area (Å²) in [5, 5.41) is 2.20. The molecule has 0 bridgehead atoms. The number of rotatable bonds is 8. The molecule has 0 saturated heterocycles. The Labute approximate surface area is 579 Å². The maximum Gasteiger partial charge on any atom is 0.160 e. The van der Waals surface area contributed by atoms with E-state index in [1.165, 1.54) is 0 Å². The smallest absolute Gasteiger partial charge is 0.160 e. The summed E-state index contributed by atoms with van der Waals surface area (Å²) >= 11 is 1.73. The van der Waals surface area contributed by atoms with E-state index >= 15 is 0 Å². The third-order valence-electron chi connectivity index (χ3n) is 18.6. The predicted octanol–water partition coefficient (Wildman–Crippen LogP) is 22.0. The van der Waals surface area contributed by atoms with Crippen LogP contribution >= 0.6 is 11.8 Å². The molecule has 0 atom stereocenters. The molecular formula is C88H54N10OS. The topological polar surface area (TPSA) is 122 Å². The monoisotopic (exact) mass is 1300 g/mol. The summed E-state index contributed by atoms with van der Waals surface area (Å²) in [5.74, 6) is 3.90. The quantitative estimate of drug-likeness (QED) is 0.145. The second-order valence-electron chi connectivity index (χ2n) is 24.7. The first kappa shape index (κ1) is 58.1. The largest absolute Gasteiger partial charge is 0.454 e. The molecule has 7 aromatic heterocycles. The molecule has 0 aliphatic carbocycles. The van der Waals surface area contributed by atoms with Crippen molar-refractivity contribution in [3.8, 4) is 135 Å². The van der Waals surface area contributed by atoms with Crippen molar-refractivity contribution >= 4 is 55.6 Å². The Balaban J connectivity index is 0.000000140. The highest BCUT2D eigenvalue weighted by molar-refractivity contribution is 7.99. The van der Waals surface area contributed by atoms with E-state index in [1.807, 2.05) is 97.7 Å². The summed E-state index contributed by atoms with van der Waals surface area (Å²) in [7, 11) is 0. The highest BCUT2D eigenvalue weighted by Crippen LogP contribution is 2.49. The minimum absolute atomic E-state index is 0.651. The van der Waals surface area contributed by atoms with Crippen molar-refractivity contribution in [1.29, 1.82) is 0 Å². The molecule has 0 spiro atoms. The van der Waals surface area contributed by atoms with Crippen molar-refractivity contribution in [1.82, 2.24) is 49.0 Å². The van der Waals surface area contributed by atoms with Crippen molar-refractivity contribution in [2.45, 2.75) is 9.79 Å². The van der Waals surface area contributed by atoms with Crippen LogP contribution in [0.5, 0.6) is 11.5 Å². The first-order valence-corrected chi connectivity index (χ1v) is 33.9. The summed E-state index contributed by atoms with van der Waals surface area (Å²) in [6, 6.07) is 103. The fraction of sp³-hybridized carbons (Fsp3) is 0. The van der Waals surface area contributed by atoms with Gasteiger partial charge < -0.3 is 4.74 Å². The van der Waals surface area contributed by atoms with E-state index in [4.69, 9.17) is 39.6 Å². The Morgan fingerprint density at radius 1 is 0.300 bits per heavy atom. The van der Waals surface area contributed by atoms with Gasteiger partial charge >= 0.3 is 0 Å². The van der Waals surface area contributed by atoms with Gasteiger partial charge in [-0.25, -0.2) is 19.9 Å². The predicted molar refractivity (Wildman–Crippen MR) is 402 cm³/mol. The lowest BCUT2D eigenvalue weighted by molar-refractivity contribution is 0.487. The molecule has 0 radical (unpaired) electrons. The van der Waals surface area contributed by atoms with E-state index in [9.17, 15) is 0 Å². The van der Waals surface area contributed by atoms with Crippen LogP contribution in [0.3, 0.4) is 0 Å². The van der Waals surface area contributed by atoms with Crippen LogP contribution in [0.2, 0.25) is 0 Å². The van der Waals surface area contributed by atoms with Gasteiger partial charge in [0.05, 0.1) is 78.9 Å². The molecule has 0 fully saturated rings. The summed E-state index contributed by atoms with van der Waals surface area (Å²) in [6.45, 7) is 0. The molecular weight excluding hydrogens is 1250 g/mol. The highest BCUT2D eigenvalue weighted by Gasteiger charge is 2.29. The van der Waals surface area contributed by atoms with E-state index < -0.39 is 0 Å². The summed E-state index contributed by atoms with van der Waals surface area (Å²) in [6.07, 6.45) is 9.46. The molecule has 468 valence electrons. The zero-order valence-electron chi connectivity index (χ0n) is 53.5. The Morgan fingerprint density at radius 3 is 1.56 bits per heavy atom. The zero-order chi connectivity index (χ0) is 66.0. The normalized spacial score (nSPS) is 11.8. The molecule has 20 rings (SSSR count). The summed E-state index contributed by atoms with van der Waals surface area (Å²) < 4.78 is 11.2. The van der Waals surface area contributed by atoms with Gasteiger partial charge in [0.15, 0.2) is 11.6 Å². The third-order valence-corrected chi connectivity index (χ3v) is 19.8. The maximum absolute atomic E-state index is 6.83. The summed E-state index contributed by atoms with van der Waals surface area (Å²) in [4.78, 5) is 41.9. The van der Waals surface area contributed by atoms with Crippen LogP contribution in [-0.4, -0.2) is 49.0 Å². The Kier molecular flexibility index (Phi) is 14.2. The van der Waals surface area contributed by atoms with Crippen molar-refractivity contribution in [3.63, 3.8) is 0 Å². The minimum Gasteiger partial charge on any atom is -0.454 e. The molecule has 0 N–H and O–H groups in total. The number of hydrogen-bond donors (Lipinski definition) is 0. The molecule has 11 nitrogen and oxygen atoms in total. The van der Waals surface area contributed by atoms with Gasteiger partial charge in [-0.3, -0.25) is 29.1 Å². The van der Waals surface area contributed by atoms with E-state index in [0.717, 1.165) is 183 Å². The average Bonchev–Trinajstić information content (AvgIpc) is 1.49. The van der Waals surface area contributed by atoms with Gasteiger partial charge in [-0.2, -0.15) is 0 Å². The van der Waals surface area contributed by atoms with Crippen LogP contribution in [0, 0.1) is 0 Å². The molecule has 0 saturated carbocycles. The van der Waals surface area contributed by atoms with Gasteiger partial charge in [0, 0.05) is 84.3 Å². The Morgan fingerprint density at radius 2 is 0.830 bits per heavy atom. The number of para-hydroxylation sites is 9. The molecule has 2 aliphatic heterocycles. The third kappa shape index (κ3) is 10.3. The Bertz CT molecular complexity index is 6160. The van der Waals surface area contributed by atoms with Gasteiger partial charge in [0.25, 0.3) is 0 Å². The van der Waals surface area contributed by atoms with Crippen LogP contribution in [0.1, 0.15) is 0 Å². The summed E-state index contributed by atoms with van der Waals surface area (Å²) in [5.41, 5.74) is 24.9. The van der Waals surface area contributed by atoms with Crippen molar-refractivity contribution in [2.75, 3.05) is 0 Å². The van der Waals surface area contributed by atoms with Gasteiger partial charge in [0.1, 0.15) is 17.4 Å². The number of pyridine rings is 4. The Hall–Kier alpha value is -13.3. The number of aromatic nitrogens is 10. The van der Waals surface area contributed by atoms with Crippen LogP contribution in [0.4, 0.5) is 0 Å². The molecule has 12 heteroatoms. The fourth-order valence-electron chi connectivity index (χ4n) is 13.9. The highest BCUT2D eigenvalue weighted by atomic mass is 32.2. The molecule has 18 aromatic rings. The zero-order valence-corrected chi connectivity index (χ0v) is 54.3. The number of nitrogens with zero attached hydrogens (tertiary/aromatic N) is 10. The van der Waals surface area contributed by atoms with Crippen LogP contribution in [-0.2, 0) is 0 Å². The maximum atomic E-state index is 6.83. The minimum atomic E-state index is 0.651. The second-order valence-corrected chi connectivity index (χ2v) is 25.8. The first-order valence-electron chi connectivity index (χ1n) is 33.1.